The van der Waals surface area contributed by atoms with E-state index < -0.39 is 0 Å². The van der Waals surface area contributed by atoms with E-state index >= 15 is 0 Å². The van der Waals surface area contributed by atoms with Crippen molar-refractivity contribution in [2.45, 2.75) is 6.42 Å². The van der Waals surface area contributed by atoms with E-state index in [1.54, 1.807) is 4.90 Å². The quantitative estimate of drug-likeness (QED) is 0.626. The molecule has 1 fully saturated rings. The molecule has 2 rings (SSSR count). The highest BCUT2D eigenvalue weighted by Gasteiger charge is 2.17. The molecule has 0 unspecified atom stereocenters. The largest absolute Gasteiger partial charge is 0.354 e. The van der Waals surface area contributed by atoms with E-state index in [0.717, 1.165) is 6.42 Å². The summed E-state index contributed by atoms with van der Waals surface area (Å²) < 4.78 is 0. The Labute approximate surface area is 86.3 Å². The predicted molar refractivity (Wildman–Crippen MR) is 54.7 cm³/mol. The van der Waals surface area contributed by atoms with Crippen LogP contribution in [0.2, 0.25) is 0 Å². The van der Waals surface area contributed by atoms with Crippen molar-refractivity contribution in [2.75, 3.05) is 24.5 Å². The normalized spacial score (nSPS) is 17.1. The van der Waals surface area contributed by atoms with Crippen LogP contribution in [0.4, 0.5) is 5.82 Å². The number of carbonyl (C=O) groups excluding carboxylic acids is 1. The second-order valence-electron chi connectivity index (χ2n) is 3.37. The number of nitrogens with one attached hydrogen (secondary N) is 2. The van der Waals surface area contributed by atoms with Gasteiger partial charge >= 0.3 is 0 Å². The summed E-state index contributed by atoms with van der Waals surface area (Å²) in [6, 6.07) is 0. The molecule has 2 N–H and O–H groups in total. The van der Waals surface area contributed by atoms with Gasteiger partial charge in [-0.25, -0.2) is 4.98 Å². The van der Waals surface area contributed by atoms with Crippen LogP contribution < -0.4 is 15.8 Å². The summed E-state index contributed by atoms with van der Waals surface area (Å²) in [5.41, 5.74) is -0.257. The van der Waals surface area contributed by atoms with E-state index in [9.17, 15) is 9.59 Å². The molecule has 0 saturated carbocycles. The zero-order chi connectivity index (χ0) is 10.7. The Morgan fingerprint density at radius 2 is 2.27 bits per heavy atom. The summed E-state index contributed by atoms with van der Waals surface area (Å²) in [6.07, 6.45) is 3.81. The maximum atomic E-state index is 11.4. The number of rotatable bonds is 1. The van der Waals surface area contributed by atoms with Gasteiger partial charge in [0.15, 0.2) is 5.82 Å². The zero-order valence-corrected chi connectivity index (χ0v) is 8.19. The fraction of sp³-hybridized carbons (Fsp3) is 0.444. The van der Waals surface area contributed by atoms with Gasteiger partial charge < -0.3 is 15.2 Å². The lowest BCUT2D eigenvalue weighted by molar-refractivity contribution is -0.119. The van der Waals surface area contributed by atoms with E-state index in [1.165, 1.54) is 12.4 Å². The van der Waals surface area contributed by atoms with Gasteiger partial charge in [-0.1, -0.05) is 0 Å². The molecule has 1 amide bonds. The molecule has 1 aromatic rings. The number of aromatic nitrogens is 2. The molecule has 0 spiro atoms. The van der Waals surface area contributed by atoms with Crippen LogP contribution in [0.15, 0.2) is 17.2 Å². The molecule has 0 bridgehead atoms. The fourth-order valence-electron chi connectivity index (χ4n) is 1.56. The summed E-state index contributed by atoms with van der Waals surface area (Å²) in [6.45, 7) is 1.51. The lowest BCUT2D eigenvalue weighted by Gasteiger charge is -2.18. The monoisotopic (exact) mass is 208 g/mol. The van der Waals surface area contributed by atoms with Crippen molar-refractivity contribution in [1.82, 2.24) is 15.3 Å². The number of H-pyrrole nitrogens is 1. The Hall–Kier alpha value is -1.85. The molecule has 0 aliphatic carbocycles. The molecule has 0 atom stereocenters. The number of hydrogen-bond acceptors (Lipinski definition) is 4. The molecule has 80 valence electrons. The molecule has 1 aromatic heterocycles. The highest BCUT2D eigenvalue weighted by Crippen LogP contribution is 2.04. The van der Waals surface area contributed by atoms with Crippen molar-refractivity contribution >= 4 is 11.7 Å². The van der Waals surface area contributed by atoms with Gasteiger partial charge in [0.1, 0.15) is 0 Å². The van der Waals surface area contributed by atoms with E-state index in [0.29, 0.717) is 18.9 Å². The summed E-state index contributed by atoms with van der Waals surface area (Å²) in [4.78, 5) is 30.9. The summed E-state index contributed by atoms with van der Waals surface area (Å²) in [7, 11) is 0. The molecule has 0 radical (unpaired) electrons. The number of aromatic amines is 1. The number of nitrogens with zero attached hydrogens (tertiary/aromatic N) is 2. The Morgan fingerprint density at radius 3 is 3.07 bits per heavy atom. The van der Waals surface area contributed by atoms with Crippen molar-refractivity contribution in [3.8, 4) is 0 Å². The van der Waals surface area contributed by atoms with Gasteiger partial charge in [0.05, 0.1) is 6.54 Å². The second-order valence-corrected chi connectivity index (χ2v) is 3.37. The molecular weight excluding hydrogens is 196 g/mol. The van der Waals surface area contributed by atoms with Gasteiger partial charge in [0.2, 0.25) is 5.91 Å². The van der Waals surface area contributed by atoms with Crippen LogP contribution in [0, 0.1) is 0 Å². The van der Waals surface area contributed by atoms with Crippen molar-refractivity contribution < 1.29 is 4.79 Å². The third-order valence-electron chi connectivity index (χ3n) is 2.25. The molecular formula is C9H12N4O2. The average Bonchev–Trinajstić information content (AvgIpc) is 2.43. The average molecular weight is 208 g/mol. The molecule has 15 heavy (non-hydrogen) atoms. The van der Waals surface area contributed by atoms with Crippen LogP contribution in [0.1, 0.15) is 6.42 Å². The summed E-state index contributed by atoms with van der Waals surface area (Å²) in [5.74, 6) is 0.243. The molecule has 1 saturated heterocycles. The summed E-state index contributed by atoms with van der Waals surface area (Å²) in [5, 5.41) is 2.74. The standard InChI is InChI=1S/C9H12N4O2/c14-7-6-13(5-1-2-10-7)8-9(15)12-4-3-11-8/h3-4H,1-2,5-6H2,(H,10,14)(H,12,15). The first-order valence-electron chi connectivity index (χ1n) is 4.83. The third kappa shape index (κ3) is 2.15. The SMILES string of the molecule is O=C1CN(c2ncc[nH]c2=O)CCCN1. The summed E-state index contributed by atoms with van der Waals surface area (Å²) >= 11 is 0. The third-order valence-corrected chi connectivity index (χ3v) is 2.25. The minimum Gasteiger partial charge on any atom is -0.354 e. The van der Waals surface area contributed by atoms with Gasteiger partial charge in [-0.2, -0.15) is 0 Å². The predicted octanol–water partition coefficient (Wildman–Crippen LogP) is -0.904. The highest BCUT2D eigenvalue weighted by atomic mass is 16.2. The lowest BCUT2D eigenvalue weighted by Crippen LogP contribution is -2.36. The zero-order valence-electron chi connectivity index (χ0n) is 8.19. The number of anilines is 1. The van der Waals surface area contributed by atoms with Gasteiger partial charge in [-0.05, 0) is 6.42 Å². The highest BCUT2D eigenvalue weighted by molar-refractivity contribution is 5.81. The number of amides is 1. The van der Waals surface area contributed by atoms with Crippen LogP contribution in [-0.4, -0.2) is 35.5 Å². The Balaban J connectivity index is 2.26. The molecule has 6 nitrogen and oxygen atoms in total. The van der Waals surface area contributed by atoms with Crippen molar-refractivity contribution in [2.24, 2.45) is 0 Å². The molecule has 2 heterocycles. The molecule has 1 aliphatic heterocycles. The molecule has 6 heteroatoms. The van der Waals surface area contributed by atoms with Crippen molar-refractivity contribution in [1.29, 1.82) is 0 Å². The minimum absolute atomic E-state index is 0.0717. The van der Waals surface area contributed by atoms with Crippen molar-refractivity contribution in [3.05, 3.63) is 22.7 Å². The smallest absolute Gasteiger partial charge is 0.290 e. The van der Waals surface area contributed by atoms with Crippen LogP contribution in [-0.2, 0) is 4.79 Å². The maximum Gasteiger partial charge on any atom is 0.290 e. The van der Waals surface area contributed by atoms with Crippen LogP contribution in [0.3, 0.4) is 0 Å². The van der Waals surface area contributed by atoms with Crippen LogP contribution in [0.25, 0.3) is 0 Å². The first kappa shape index (κ1) is 9.70. The van der Waals surface area contributed by atoms with E-state index in [2.05, 4.69) is 15.3 Å². The van der Waals surface area contributed by atoms with Gasteiger partial charge in [0, 0.05) is 25.5 Å². The van der Waals surface area contributed by atoms with Gasteiger partial charge in [-0.15, -0.1) is 0 Å². The molecule has 0 aromatic carbocycles. The van der Waals surface area contributed by atoms with Gasteiger partial charge in [-0.3, -0.25) is 9.59 Å². The van der Waals surface area contributed by atoms with Crippen LogP contribution in [0.5, 0.6) is 0 Å². The number of hydrogen-bond donors (Lipinski definition) is 2. The van der Waals surface area contributed by atoms with Crippen molar-refractivity contribution in [3.63, 3.8) is 0 Å². The Morgan fingerprint density at radius 1 is 1.40 bits per heavy atom. The van der Waals surface area contributed by atoms with E-state index in [-0.39, 0.29) is 18.0 Å². The molecule has 1 aliphatic rings. The first-order chi connectivity index (χ1) is 7.27. The first-order valence-corrected chi connectivity index (χ1v) is 4.83. The second kappa shape index (κ2) is 4.12. The van der Waals surface area contributed by atoms with Crippen LogP contribution >= 0.6 is 0 Å². The van der Waals surface area contributed by atoms with E-state index in [4.69, 9.17) is 0 Å². The van der Waals surface area contributed by atoms with E-state index in [1.807, 2.05) is 0 Å². The number of carbonyl (C=O) groups is 1. The van der Waals surface area contributed by atoms with Gasteiger partial charge in [0.25, 0.3) is 5.56 Å². The fourth-order valence-corrected chi connectivity index (χ4v) is 1.56. The minimum atomic E-state index is -0.257. The maximum absolute atomic E-state index is 11.4. The lowest BCUT2D eigenvalue weighted by atomic mass is 10.4. The topological polar surface area (TPSA) is 78.1 Å². The Kier molecular flexibility index (Phi) is 2.66. The Bertz CT molecular complexity index is 415.